The monoisotopic (exact) mass is 277 g/mol. The maximum Gasteiger partial charge on any atom is 0.238 e. The van der Waals surface area contributed by atoms with E-state index >= 15 is 0 Å². The summed E-state index contributed by atoms with van der Waals surface area (Å²) in [6.07, 6.45) is 0. The van der Waals surface area contributed by atoms with E-state index < -0.39 is 10.0 Å². The fourth-order valence-electron chi connectivity index (χ4n) is 1.90. The topological polar surface area (TPSA) is 80.4 Å². The van der Waals surface area contributed by atoms with Gasteiger partial charge in [0.1, 0.15) is 5.75 Å². The minimum absolute atomic E-state index is 0.106. The Balaban J connectivity index is 2.30. The van der Waals surface area contributed by atoms with E-state index in [2.05, 4.69) is 0 Å². The molecular formula is C14H15NO3S. The highest BCUT2D eigenvalue weighted by Gasteiger charge is 2.11. The molecule has 0 heterocycles. The van der Waals surface area contributed by atoms with Crippen molar-refractivity contribution in [2.75, 3.05) is 0 Å². The second kappa shape index (κ2) is 5.03. The zero-order chi connectivity index (χ0) is 14.0. The molecule has 0 aliphatic rings. The molecule has 0 radical (unpaired) electrons. The van der Waals surface area contributed by atoms with Crippen LogP contribution in [0.15, 0.2) is 53.4 Å². The highest BCUT2D eigenvalue weighted by atomic mass is 32.2. The number of phenols is 1. The summed E-state index contributed by atoms with van der Waals surface area (Å²) in [5, 5.41) is 14.3. The zero-order valence-corrected chi connectivity index (χ0v) is 11.3. The molecule has 1 unspecified atom stereocenters. The fourth-order valence-corrected chi connectivity index (χ4v) is 2.42. The number of primary sulfonamides is 1. The van der Waals surface area contributed by atoms with Crippen LogP contribution in [0.2, 0.25) is 0 Å². The Labute approximate surface area is 112 Å². The van der Waals surface area contributed by atoms with Crippen molar-refractivity contribution in [2.45, 2.75) is 17.7 Å². The van der Waals surface area contributed by atoms with E-state index in [9.17, 15) is 13.5 Å². The van der Waals surface area contributed by atoms with E-state index in [-0.39, 0.29) is 16.6 Å². The number of phenolic OH excluding ortho intramolecular Hbond substituents is 1. The Bertz CT molecular complexity index is 661. The summed E-state index contributed by atoms with van der Waals surface area (Å²) in [5.41, 5.74) is 2.03. The van der Waals surface area contributed by atoms with Gasteiger partial charge in [-0.1, -0.05) is 31.2 Å². The summed E-state index contributed by atoms with van der Waals surface area (Å²) in [6.45, 7) is 2.01. The van der Waals surface area contributed by atoms with Crippen molar-refractivity contribution in [3.05, 3.63) is 59.7 Å². The molecule has 0 spiro atoms. The zero-order valence-electron chi connectivity index (χ0n) is 10.4. The smallest absolute Gasteiger partial charge is 0.238 e. The third-order valence-electron chi connectivity index (χ3n) is 3.10. The summed E-state index contributed by atoms with van der Waals surface area (Å²) in [4.78, 5) is 0.106. The average molecular weight is 277 g/mol. The predicted molar refractivity (Wildman–Crippen MR) is 73.4 cm³/mol. The van der Waals surface area contributed by atoms with Gasteiger partial charge in [0.2, 0.25) is 10.0 Å². The van der Waals surface area contributed by atoms with Gasteiger partial charge in [-0.05, 0) is 35.4 Å². The Morgan fingerprint density at radius 1 is 0.947 bits per heavy atom. The second-order valence-electron chi connectivity index (χ2n) is 4.43. The number of benzene rings is 2. The number of hydrogen-bond acceptors (Lipinski definition) is 3. The van der Waals surface area contributed by atoms with E-state index in [1.165, 1.54) is 12.1 Å². The lowest BCUT2D eigenvalue weighted by atomic mass is 9.93. The van der Waals surface area contributed by atoms with Gasteiger partial charge in [-0.3, -0.25) is 0 Å². The highest BCUT2D eigenvalue weighted by Crippen LogP contribution is 2.26. The van der Waals surface area contributed by atoms with E-state index in [0.717, 1.165) is 11.1 Å². The molecule has 0 aliphatic heterocycles. The van der Waals surface area contributed by atoms with Gasteiger partial charge in [0.15, 0.2) is 0 Å². The SMILES string of the molecule is CC(c1ccc(O)cc1)c1ccc(S(N)(=O)=O)cc1. The van der Waals surface area contributed by atoms with Gasteiger partial charge >= 0.3 is 0 Å². The third-order valence-corrected chi connectivity index (χ3v) is 4.03. The lowest BCUT2D eigenvalue weighted by Crippen LogP contribution is -2.12. The first kappa shape index (κ1) is 13.6. The van der Waals surface area contributed by atoms with Crippen molar-refractivity contribution in [1.82, 2.24) is 0 Å². The lowest BCUT2D eigenvalue weighted by Gasteiger charge is -2.13. The van der Waals surface area contributed by atoms with Crippen LogP contribution in [-0.2, 0) is 10.0 Å². The van der Waals surface area contributed by atoms with E-state index in [0.29, 0.717) is 0 Å². The molecule has 0 saturated heterocycles. The molecule has 2 rings (SSSR count). The third kappa shape index (κ3) is 3.13. The van der Waals surface area contributed by atoms with Gasteiger partial charge in [-0.25, -0.2) is 13.6 Å². The molecule has 2 aromatic carbocycles. The van der Waals surface area contributed by atoms with Gasteiger partial charge in [0.25, 0.3) is 0 Å². The maximum absolute atomic E-state index is 11.2. The highest BCUT2D eigenvalue weighted by molar-refractivity contribution is 7.89. The number of hydrogen-bond donors (Lipinski definition) is 2. The summed E-state index contributed by atoms with van der Waals surface area (Å²) < 4.78 is 22.3. The van der Waals surface area contributed by atoms with Gasteiger partial charge in [-0.2, -0.15) is 0 Å². The first-order valence-corrected chi connectivity index (χ1v) is 7.34. The first-order chi connectivity index (χ1) is 8.88. The van der Waals surface area contributed by atoms with E-state index in [1.54, 1.807) is 24.3 Å². The summed E-state index contributed by atoms with van der Waals surface area (Å²) in [5.74, 6) is 0.329. The van der Waals surface area contributed by atoms with Crippen LogP contribution in [0.5, 0.6) is 5.75 Å². The van der Waals surface area contributed by atoms with E-state index in [1.807, 2.05) is 19.1 Å². The van der Waals surface area contributed by atoms with Crippen LogP contribution in [-0.4, -0.2) is 13.5 Å². The Morgan fingerprint density at radius 3 is 1.79 bits per heavy atom. The average Bonchev–Trinajstić information content (AvgIpc) is 2.38. The van der Waals surface area contributed by atoms with Gasteiger partial charge in [0, 0.05) is 5.92 Å². The van der Waals surface area contributed by atoms with Crippen molar-refractivity contribution in [3.8, 4) is 5.75 Å². The molecule has 5 heteroatoms. The molecule has 19 heavy (non-hydrogen) atoms. The van der Waals surface area contributed by atoms with Crippen LogP contribution in [0.4, 0.5) is 0 Å². The largest absolute Gasteiger partial charge is 0.508 e. The number of nitrogens with two attached hydrogens (primary N) is 1. The van der Waals surface area contributed by atoms with Crippen LogP contribution >= 0.6 is 0 Å². The number of rotatable bonds is 3. The Morgan fingerprint density at radius 2 is 1.37 bits per heavy atom. The van der Waals surface area contributed by atoms with Crippen LogP contribution in [0.25, 0.3) is 0 Å². The molecule has 1 atom stereocenters. The van der Waals surface area contributed by atoms with Gasteiger partial charge in [-0.15, -0.1) is 0 Å². The Kier molecular flexibility index (Phi) is 3.59. The molecule has 0 aliphatic carbocycles. The molecule has 0 fully saturated rings. The Hall–Kier alpha value is -1.85. The van der Waals surface area contributed by atoms with E-state index in [4.69, 9.17) is 5.14 Å². The summed E-state index contributed by atoms with van der Waals surface area (Å²) in [6, 6.07) is 13.4. The fraction of sp³-hybridized carbons (Fsp3) is 0.143. The van der Waals surface area contributed by atoms with Crippen molar-refractivity contribution < 1.29 is 13.5 Å². The second-order valence-corrected chi connectivity index (χ2v) is 5.99. The standard InChI is InChI=1S/C14H15NO3S/c1-10(11-2-6-13(16)7-3-11)12-4-8-14(9-5-12)19(15,17)18/h2-10,16H,1H3,(H2,15,17,18). The van der Waals surface area contributed by atoms with Crippen LogP contribution in [0.3, 0.4) is 0 Å². The molecule has 0 bridgehead atoms. The predicted octanol–water partition coefficient (Wildman–Crippen LogP) is 2.19. The van der Waals surface area contributed by atoms with Crippen LogP contribution < -0.4 is 5.14 Å². The van der Waals surface area contributed by atoms with Crippen molar-refractivity contribution >= 4 is 10.0 Å². The minimum atomic E-state index is -3.65. The van der Waals surface area contributed by atoms with Crippen LogP contribution in [0, 0.1) is 0 Å². The molecule has 3 N–H and O–H groups in total. The molecular weight excluding hydrogens is 262 g/mol. The van der Waals surface area contributed by atoms with Gasteiger partial charge in [0.05, 0.1) is 4.90 Å². The van der Waals surface area contributed by atoms with Crippen molar-refractivity contribution in [3.63, 3.8) is 0 Å². The molecule has 2 aromatic rings. The normalized spacial score (nSPS) is 13.2. The van der Waals surface area contributed by atoms with Crippen molar-refractivity contribution in [1.29, 1.82) is 0 Å². The minimum Gasteiger partial charge on any atom is -0.508 e. The summed E-state index contributed by atoms with van der Waals surface area (Å²) in [7, 11) is -3.65. The number of sulfonamides is 1. The van der Waals surface area contributed by atoms with Gasteiger partial charge < -0.3 is 5.11 Å². The first-order valence-electron chi connectivity index (χ1n) is 5.79. The van der Waals surface area contributed by atoms with Crippen molar-refractivity contribution in [2.24, 2.45) is 5.14 Å². The maximum atomic E-state index is 11.2. The molecule has 0 amide bonds. The summed E-state index contributed by atoms with van der Waals surface area (Å²) >= 11 is 0. The lowest BCUT2D eigenvalue weighted by molar-refractivity contribution is 0.475. The quantitative estimate of drug-likeness (QED) is 0.902. The molecule has 0 aromatic heterocycles. The molecule has 100 valence electrons. The van der Waals surface area contributed by atoms with Crippen LogP contribution in [0.1, 0.15) is 24.0 Å². The molecule has 0 saturated carbocycles. The number of aromatic hydroxyl groups is 1. The molecule has 4 nitrogen and oxygen atoms in total.